The Morgan fingerprint density at radius 3 is 2.15 bits per heavy atom. The van der Waals surface area contributed by atoms with Crippen molar-refractivity contribution < 1.29 is 13.4 Å². The van der Waals surface area contributed by atoms with E-state index in [0.717, 1.165) is 50.0 Å². The summed E-state index contributed by atoms with van der Waals surface area (Å²) in [4.78, 5) is 5.23. The highest BCUT2D eigenvalue weighted by Gasteiger charge is 2.42. The number of hydrogen-bond acceptors (Lipinski definition) is 2. The smallest absolute Gasteiger partial charge is 0.244 e. The van der Waals surface area contributed by atoms with Crippen LogP contribution in [0.15, 0.2) is 152 Å². The maximum atomic E-state index is 8.09. The number of para-hydroxylation sites is 2. The minimum absolute atomic E-state index is 0.203. The molecule has 0 saturated heterocycles. The summed E-state index contributed by atoms with van der Waals surface area (Å²) in [6.45, 7) is 6.86. The topological polar surface area (TPSA) is 35.9 Å². The van der Waals surface area contributed by atoms with Crippen LogP contribution in [-0.4, -0.2) is 14.1 Å². The van der Waals surface area contributed by atoms with Gasteiger partial charge in [0.1, 0.15) is 17.3 Å². The Morgan fingerprint density at radius 2 is 1.33 bits per heavy atom. The van der Waals surface area contributed by atoms with Crippen LogP contribution in [-0.2, 0) is 17.8 Å². The summed E-state index contributed by atoms with van der Waals surface area (Å²) in [6.07, 6.45) is 5.15. The van der Waals surface area contributed by atoms with Crippen LogP contribution in [0.5, 0.6) is 11.5 Å². The molecule has 9 aromatic rings. The van der Waals surface area contributed by atoms with Crippen LogP contribution >= 0.6 is 0 Å². The molecule has 262 valence electrons. The fourth-order valence-corrected chi connectivity index (χ4v) is 8.64. The van der Waals surface area contributed by atoms with E-state index in [-0.39, 0.29) is 10.8 Å². The van der Waals surface area contributed by atoms with Gasteiger partial charge >= 0.3 is 0 Å². The molecule has 0 atom stereocenters. The fourth-order valence-electron chi connectivity index (χ4n) is 8.64. The van der Waals surface area contributed by atoms with E-state index in [1.807, 2.05) is 54.6 Å². The first-order valence-electron chi connectivity index (χ1n) is 19.9. The summed E-state index contributed by atoms with van der Waals surface area (Å²) in [6, 6.07) is 49.5. The van der Waals surface area contributed by atoms with Crippen LogP contribution in [0.4, 0.5) is 0 Å². The Hall–Kier alpha value is -6.46. The van der Waals surface area contributed by atoms with Crippen molar-refractivity contribution in [2.45, 2.75) is 38.5 Å². The van der Waals surface area contributed by atoms with Gasteiger partial charge in [0.2, 0.25) is 6.33 Å². The van der Waals surface area contributed by atoms with Crippen molar-refractivity contribution in [2.75, 3.05) is 0 Å². The molecule has 0 amide bonds. The molecule has 0 saturated carbocycles. The molecule has 0 fully saturated rings. The van der Waals surface area contributed by atoms with E-state index < -0.39 is 6.98 Å². The van der Waals surface area contributed by atoms with Gasteiger partial charge in [-0.05, 0) is 75.8 Å². The SMILES string of the molecule is [2H]C([2H])([2H])[n+]1[c-]n(-c2cccc(Oc3ccc4c5cc(-c6ccccc6)ccc5n(-c5cc6c(cn5)C(C)(C)c5ccccc5C6(C)C)c4c3)c2)c2ccccc21. The molecule has 54 heavy (non-hydrogen) atoms. The molecular weight excluding hydrogens is 661 g/mol. The quantitative estimate of drug-likeness (QED) is 0.132. The number of aryl methyl sites for hydroxylation is 1. The third-order valence-corrected chi connectivity index (χ3v) is 11.5. The molecule has 0 unspecified atom stereocenters. The van der Waals surface area contributed by atoms with Gasteiger partial charge in [-0.3, -0.25) is 4.57 Å². The number of ether oxygens (including phenoxy) is 1. The lowest BCUT2D eigenvalue weighted by Crippen LogP contribution is -2.36. The standard InChI is InChI=1S/C49H40N4O/c1-48(2)39-18-9-10-19-40(39)49(3,4)42-30-50-47(29-41(42)48)53-43-25-22-33(32-14-7-6-8-15-32)26-38(43)37-24-23-36(28-46(37)53)54-35-17-13-16-34(27-35)52-31-51(5)44-20-11-12-21-45(44)52/h6-30H,1-5H3/i5D3. The molecular formula is C49H40N4O. The van der Waals surface area contributed by atoms with Crippen LogP contribution in [0.3, 0.4) is 0 Å². The minimum atomic E-state index is -2.38. The Balaban J connectivity index is 1.12. The number of nitrogens with zero attached hydrogens (tertiary/aromatic N) is 4. The Labute approximate surface area is 319 Å². The normalized spacial score (nSPS) is 15.4. The van der Waals surface area contributed by atoms with Gasteiger partial charge in [0, 0.05) is 33.9 Å². The van der Waals surface area contributed by atoms with Gasteiger partial charge < -0.3 is 13.9 Å². The summed E-state index contributed by atoms with van der Waals surface area (Å²) in [7, 11) is 0. The molecule has 5 heteroatoms. The summed E-state index contributed by atoms with van der Waals surface area (Å²) < 4.78 is 36.2. The van der Waals surface area contributed by atoms with Crippen LogP contribution in [0.2, 0.25) is 0 Å². The third-order valence-electron chi connectivity index (χ3n) is 11.5. The van der Waals surface area contributed by atoms with Gasteiger partial charge in [-0.2, -0.15) is 0 Å². The van der Waals surface area contributed by atoms with E-state index in [1.165, 1.54) is 26.8 Å². The first-order chi connectivity index (χ1) is 27.4. The van der Waals surface area contributed by atoms with Crippen molar-refractivity contribution in [3.05, 3.63) is 180 Å². The highest BCUT2D eigenvalue weighted by atomic mass is 16.5. The Kier molecular flexibility index (Phi) is 6.33. The second-order valence-corrected chi connectivity index (χ2v) is 15.4. The van der Waals surface area contributed by atoms with E-state index in [1.54, 1.807) is 10.6 Å². The molecule has 0 N–H and O–H groups in total. The zero-order valence-electron chi connectivity index (χ0n) is 33.6. The van der Waals surface area contributed by atoms with E-state index in [2.05, 4.69) is 130 Å². The molecule has 3 heterocycles. The van der Waals surface area contributed by atoms with Crippen LogP contribution in [0, 0.1) is 6.33 Å². The van der Waals surface area contributed by atoms with Gasteiger partial charge in [0.05, 0.1) is 38.8 Å². The van der Waals surface area contributed by atoms with E-state index in [9.17, 15) is 0 Å². The first-order valence-corrected chi connectivity index (χ1v) is 18.4. The van der Waals surface area contributed by atoms with Crippen molar-refractivity contribution in [3.8, 4) is 34.1 Å². The second-order valence-electron chi connectivity index (χ2n) is 15.4. The number of imidazole rings is 1. The van der Waals surface area contributed by atoms with Crippen molar-refractivity contribution in [1.29, 1.82) is 0 Å². The Bertz CT molecular complexity index is 3050. The molecule has 10 rings (SSSR count). The van der Waals surface area contributed by atoms with Crippen molar-refractivity contribution in [3.63, 3.8) is 0 Å². The highest BCUT2D eigenvalue weighted by Crippen LogP contribution is 2.50. The zero-order chi connectivity index (χ0) is 39.3. The number of rotatable bonds is 5. The average Bonchev–Trinajstić information content (AvgIpc) is 3.77. The average molecular weight is 704 g/mol. The van der Waals surface area contributed by atoms with Crippen LogP contribution in [0.1, 0.15) is 54.1 Å². The monoisotopic (exact) mass is 703 g/mol. The van der Waals surface area contributed by atoms with Gasteiger partial charge in [-0.1, -0.05) is 125 Å². The summed E-state index contributed by atoms with van der Waals surface area (Å²) in [5.74, 6) is 2.13. The molecule has 1 aliphatic rings. The maximum Gasteiger partial charge on any atom is 0.244 e. The number of fused-ring (bicyclic) bond motifs is 6. The molecule has 0 spiro atoms. The van der Waals surface area contributed by atoms with E-state index >= 15 is 0 Å². The minimum Gasteiger partial charge on any atom is -0.458 e. The second kappa shape index (κ2) is 11.8. The number of aromatic nitrogens is 4. The summed E-state index contributed by atoms with van der Waals surface area (Å²) in [5.41, 5.74) is 11.1. The number of benzene rings is 6. The lowest BCUT2D eigenvalue weighted by molar-refractivity contribution is -0.649. The predicted molar refractivity (Wildman–Crippen MR) is 218 cm³/mol. The Morgan fingerprint density at radius 1 is 0.593 bits per heavy atom. The van der Waals surface area contributed by atoms with E-state index in [0.29, 0.717) is 17.0 Å². The predicted octanol–water partition coefficient (Wildman–Crippen LogP) is 11.2. The fraction of sp³-hybridized carbons (Fsp3) is 0.143. The maximum absolute atomic E-state index is 8.09. The van der Waals surface area contributed by atoms with Crippen LogP contribution < -0.4 is 9.30 Å². The van der Waals surface area contributed by atoms with Crippen molar-refractivity contribution in [1.82, 2.24) is 14.1 Å². The van der Waals surface area contributed by atoms with Gasteiger partial charge in [0.15, 0.2) is 0 Å². The molecule has 1 aliphatic carbocycles. The zero-order valence-corrected chi connectivity index (χ0v) is 30.6. The molecule has 0 bridgehead atoms. The number of pyridine rings is 1. The van der Waals surface area contributed by atoms with E-state index in [4.69, 9.17) is 13.8 Å². The van der Waals surface area contributed by atoms with Gasteiger partial charge in [-0.15, -0.1) is 0 Å². The lowest BCUT2D eigenvalue weighted by Gasteiger charge is -2.43. The first kappa shape index (κ1) is 29.0. The summed E-state index contributed by atoms with van der Waals surface area (Å²) >= 11 is 0. The molecule has 0 radical (unpaired) electrons. The largest absolute Gasteiger partial charge is 0.458 e. The van der Waals surface area contributed by atoms with Crippen molar-refractivity contribution in [2.24, 2.45) is 6.98 Å². The molecule has 6 aromatic carbocycles. The molecule has 3 aromatic heterocycles. The third kappa shape index (κ3) is 4.85. The lowest BCUT2D eigenvalue weighted by atomic mass is 9.60. The van der Waals surface area contributed by atoms with Crippen molar-refractivity contribution >= 4 is 32.8 Å². The van der Waals surface area contributed by atoms with Crippen LogP contribution in [0.25, 0.3) is 55.5 Å². The summed E-state index contributed by atoms with van der Waals surface area (Å²) in [5, 5.41) is 2.22. The van der Waals surface area contributed by atoms with Gasteiger partial charge in [0.25, 0.3) is 0 Å². The highest BCUT2D eigenvalue weighted by molar-refractivity contribution is 6.10. The molecule has 5 nitrogen and oxygen atoms in total. The number of hydrogen-bond donors (Lipinski definition) is 0. The van der Waals surface area contributed by atoms with Gasteiger partial charge in [-0.25, -0.2) is 4.98 Å². The molecule has 0 aliphatic heterocycles.